The van der Waals surface area contributed by atoms with E-state index in [2.05, 4.69) is 15.2 Å². The summed E-state index contributed by atoms with van der Waals surface area (Å²) in [5.41, 5.74) is 0.156. The van der Waals surface area contributed by atoms with Crippen LogP contribution in [-0.2, 0) is 21.2 Å². The Bertz CT molecular complexity index is 1020. The summed E-state index contributed by atoms with van der Waals surface area (Å²) in [7, 11) is -3.91. The Morgan fingerprint density at radius 2 is 1.88 bits per heavy atom. The van der Waals surface area contributed by atoms with Gasteiger partial charge in [-0.25, -0.2) is 17.4 Å². The first-order chi connectivity index (χ1) is 11.9. The van der Waals surface area contributed by atoms with Crippen LogP contribution in [0.4, 0.5) is 0 Å². The van der Waals surface area contributed by atoms with Crippen LogP contribution in [0.2, 0.25) is 5.02 Å². The Labute approximate surface area is 147 Å². The molecular weight excluding hydrogens is 368 g/mol. The third-order valence-electron chi connectivity index (χ3n) is 3.38. The first-order valence-corrected chi connectivity index (χ1v) is 8.82. The van der Waals surface area contributed by atoms with Crippen LogP contribution in [0.5, 0.6) is 0 Å². The summed E-state index contributed by atoms with van der Waals surface area (Å²) in [6, 6.07) is 8.57. The molecule has 2 aromatic heterocycles. The molecule has 10 heteroatoms. The SMILES string of the molecule is O=C(Cc1cccn1S(=O)(=O)c1ccc(Cl)cc1)C(=O)c1nc[nH]n1. The zero-order valence-corrected chi connectivity index (χ0v) is 14.2. The predicted octanol–water partition coefficient (Wildman–Crippen LogP) is 1.49. The number of H-pyrrole nitrogens is 1. The second-order valence-electron chi connectivity index (χ2n) is 5.01. The number of benzene rings is 1. The third kappa shape index (κ3) is 3.37. The van der Waals surface area contributed by atoms with Crippen molar-refractivity contribution < 1.29 is 18.0 Å². The first-order valence-electron chi connectivity index (χ1n) is 7.00. The van der Waals surface area contributed by atoms with Crippen molar-refractivity contribution in [2.24, 2.45) is 0 Å². The lowest BCUT2D eigenvalue weighted by molar-refractivity contribution is -0.114. The average molecular weight is 379 g/mol. The Morgan fingerprint density at radius 1 is 1.16 bits per heavy atom. The molecule has 1 aromatic carbocycles. The highest BCUT2D eigenvalue weighted by Gasteiger charge is 2.24. The standard InChI is InChI=1S/C15H11ClN4O4S/c16-10-3-5-12(6-4-10)25(23,24)20-7-1-2-11(20)8-13(21)14(22)15-17-9-18-19-15/h1-7,9H,8H2,(H,17,18,19). The molecule has 128 valence electrons. The van der Waals surface area contributed by atoms with Crippen molar-refractivity contribution in [1.29, 1.82) is 0 Å². The number of aromatic nitrogens is 4. The number of nitrogens with one attached hydrogen (secondary N) is 1. The van der Waals surface area contributed by atoms with Gasteiger partial charge >= 0.3 is 0 Å². The van der Waals surface area contributed by atoms with Gasteiger partial charge in [0.05, 0.1) is 11.3 Å². The monoisotopic (exact) mass is 378 g/mol. The fourth-order valence-electron chi connectivity index (χ4n) is 2.18. The highest BCUT2D eigenvalue weighted by Crippen LogP contribution is 2.19. The maximum atomic E-state index is 12.7. The van der Waals surface area contributed by atoms with E-state index in [1.54, 1.807) is 0 Å². The van der Waals surface area contributed by atoms with E-state index in [1.165, 1.54) is 48.9 Å². The normalized spacial score (nSPS) is 11.4. The van der Waals surface area contributed by atoms with Gasteiger partial charge in [-0.05, 0) is 36.4 Å². The molecule has 0 unspecified atom stereocenters. The number of halogens is 1. The smallest absolute Gasteiger partial charge is 0.267 e. The lowest BCUT2D eigenvalue weighted by Gasteiger charge is -2.10. The van der Waals surface area contributed by atoms with Gasteiger partial charge in [0.15, 0.2) is 0 Å². The van der Waals surface area contributed by atoms with Crippen molar-refractivity contribution in [2.45, 2.75) is 11.3 Å². The van der Waals surface area contributed by atoms with Crippen LogP contribution >= 0.6 is 11.6 Å². The maximum Gasteiger partial charge on any atom is 0.267 e. The number of ketones is 2. The molecule has 8 nitrogen and oxygen atoms in total. The molecule has 0 bridgehead atoms. The number of nitrogens with zero attached hydrogens (tertiary/aromatic N) is 3. The third-order valence-corrected chi connectivity index (χ3v) is 5.37. The van der Waals surface area contributed by atoms with Gasteiger partial charge in [0.1, 0.15) is 6.33 Å². The van der Waals surface area contributed by atoms with Gasteiger partial charge in [-0.15, -0.1) is 5.10 Å². The molecule has 0 fully saturated rings. The van der Waals surface area contributed by atoms with Crippen molar-refractivity contribution in [1.82, 2.24) is 19.2 Å². The van der Waals surface area contributed by atoms with E-state index in [0.717, 1.165) is 3.97 Å². The molecule has 3 aromatic rings. The van der Waals surface area contributed by atoms with Crippen LogP contribution < -0.4 is 0 Å². The summed E-state index contributed by atoms with van der Waals surface area (Å²) in [6.45, 7) is 0. The highest BCUT2D eigenvalue weighted by molar-refractivity contribution is 7.90. The van der Waals surface area contributed by atoms with Crippen LogP contribution in [0.3, 0.4) is 0 Å². The molecule has 25 heavy (non-hydrogen) atoms. The van der Waals surface area contributed by atoms with Gasteiger partial charge in [-0.2, -0.15) is 0 Å². The summed E-state index contributed by atoms with van der Waals surface area (Å²) < 4.78 is 26.4. The first kappa shape index (κ1) is 17.1. The summed E-state index contributed by atoms with van der Waals surface area (Å²) in [5, 5.41) is 6.29. The second kappa shape index (κ2) is 6.61. The molecule has 0 spiro atoms. The van der Waals surface area contributed by atoms with Crippen LogP contribution in [0.15, 0.2) is 53.8 Å². The quantitative estimate of drug-likeness (QED) is 0.513. The number of Topliss-reactive ketones (excluding diaryl/α,β-unsaturated/α-hetero) is 2. The molecule has 2 heterocycles. The number of rotatable bonds is 6. The maximum absolute atomic E-state index is 12.7. The minimum absolute atomic E-state index is 0.0158. The fraction of sp³-hybridized carbons (Fsp3) is 0.0667. The summed E-state index contributed by atoms with van der Waals surface area (Å²) in [4.78, 5) is 27.7. The van der Waals surface area contributed by atoms with Crippen LogP contribution in [0, 0.1) is 0 Å². The van der Waals surface area contributed by atoms with E-state index >= 15 is 0 Å². The van der Waals surface area contributed by atoms with Gasteiger partial charge in [-0.3, -0.25) is 14.7 Å². The Kier molecular flexibility index (Phi) is 4.51. The highest BCUT2D eigenvalue weighted by atomic mass is 35.5. The minimum atomic E-state index is -3.91. The number of hydrogen-bond acceptors (Lipinski definition) is 6. The Hall–Kier alpha value is -2.78. The fourth-order valence-corrected chi connectivity index (χ4v) is 3.68. The van der Waals surface area contributed by atoms with E-state index in [9.17, 15) is 18.0 Å². The average Bonchev–Trinajstić information content (AvgIpc) is 3.26. The molecule has 0 amide bonds. The van der Waals surface area contributed by atoms with Crippen LogP contribution in [0.25, 0.3) is 0 Å². The lowest BCUT2D eigenvalue weighted by atomic mass is 10.1. The van der Waals surface area contributed by atoms with Crippen LogP contribution in [-0.4, -0.2) is 39.1 Å². The molecule has 0 aliphatic heterocycles. The zero-order valence-electron chi connectivity index (χ0n) is 12.6. The van der Waals surface area contributed by atoms with Crippen molar-refractivity contribution in [3.05, 3.63) is 65.5 Å². The van der Waals surface area contributed by atoms with Crippen molar-refractivity contribution in [2.75, 3.05) is 0 Å². The van der Waals surface area contributed by atoms with Gasteiger partial charge in [0.25, 0.3) is 15.8 Å². The van der Waals surface area contributed by atoms with Gasteiger partial charge in [0, 0.05) is 16.9 Å². The van der Waals surface area contributed by atoms with Crippen molar-refractivity contribution in [3.63, 3.8) is 0 Å². The summed E-state index contributed by atoms with van der Waals surface area (Å²) >= 11 is 5.77. The van der Waals surface area contributed by atoms with Gasteiger partial charge in [0.2, 0.25) is 11.6 Å². The molecule has 0 atom stereocenters. The number of hydrogen-bond donors (Lipinski definition) is 1. The van der Waals surface area contributed by atoms with Crippen molar-refractivity contribution in [3.8, 4) is 0 Å². The molecule has 0 saturated heterocycles. The predicted molar refractivity (Wildman–Crippen MR) is 87.9 cm³/mol. The number of aromatic amines is 1. The van der Waals surface area contributed by atoms with E-state index < -0.39 is 28.0 Å². The van der Waals surface area contributed by atoms with Gasteiger partial charge in [-0.1, -0.05) is 11.6 Å². The van der Waals surface area contributed by atoms with E-state index in [-0.39, 0.29) is 16.4 Å². The molecular formula is C15H11ClN4O4S. The summed E-state index contributed by atoms with van der Waals surface area (Å²) in [5.74, 6) is -1.97. The molecule has 1 N–H and O–H groups in total. The summed E-state index contributed by atoms with van der Waals surface area (Å²) in [6.07, 6.45) is 2.09. The zero-order chi connectivity index (χ0) is 18.0. The largest absolute Gasteiger partial charge is 0.290 e. The topological polar surface area (TPSA) is 115 Å². The molecule has 0 aliphatic carbocycles. The lowest BCUT2D eigenvalue weighted by Crippen LogP contribution is -2.22. The minimum Gasteiger partial charge on any atom is -0.290 e. The van der Waals surface area contributed by atoms with E-state index in [0.29, 0.717) is 5.02 Å². The second-order valence-corrected chi connectivity index (χ2v) is 7.26. The van der Waals surface area contributed by atoms with E-state index in [1.807, 2.05) is 0 Å². The number of carbonyl (C=O) groups is 2. The van der Waals surface area contributed by atoms with Crippen LogP contribution in [0.1, 0.15) is 16.3 Å². The van der Waals surface area contributed by atoms with Crippen molar-refractivity contribution >= 4 is 33.2 Å². The number of carbonyl (C=O) groups excluding carboxylic acids is 2. The Morgan fingerprint density at radius 3 is 2.52 bits per heavy atom. The molecule has 0 radical (unpaired) electrons. The molecule has 0 aliphatic rings. The molecule has 3 rings (SSSR count). The van der Waals surface area contributed by atoms with E-state index in [4.69, 9.17) is 11.6 Å². The molecule has 0 saturated carbocycles. The Balaban J connectivity index is 1.89. The van der Waals surface area contributed by atoms with Gasteiger partial charge < -0.3 is 0 Å².